The summed E-state index contributed by atoms with van der Waals surface area (Å²) in [5.41, 5.74) is 1.12. The maximum absolute atomic E-state index is 4.33. The second-order valence-electron chi connectivity index (χ2n) is 7.64. The van der Waals surface area contributed by atoms with E-state index >= 15 is 0 Å². The first-order valence-electron chi connectivity index (χ1n) is 8.40. The van der Waals surface area contributed by atoms with E-state index in [4.69, 9.17) is 0 Å². The van der Waals surface area contributed by atoms with E-state index in [2.05, 4.69) is 47.5 Å². The van der Waals surface area contributed by atoms with Gasteiger partial charge in [-0.05, 0) is 72.0 Å². The average molecular weight is 328 g/mol. The zero-order chi connectivity index (χ0) is 14.9. The Labute approximate surface area is 140 Å². The van der Waals surface area contributed by atoms with Crippen molar-refractivity contribution in [3.8, 4) is 0 Å². The fourth-order valence-electron chi connectivity index (χ4n) is 3.56. The molecule has 126 valence electrons. The van der Waals surface area contributed by atoms with Crippen LogP contribution in [0.3, 0.4) is 0 Å². The number of likely N-dealkylation sites (tertiary alicyclic amines) is 1. The summed E-state index contributed by atoms with van der Waals surface area (Å²) in [6.07, 6.45) is 7.49. The number of rotatable bonds is 3. The Morgan fingerprint density at radius 2 is 1.95 bits per heavy atom. The standard InChI is InChI=1S/C16H29N5.ClH/c1-16(2,3)21-12-14(18-19-21)11-20-9-6-13(7-10-20)15-5-4-8-17-15;/h12-13,15,17H,4-11H2,1-3H3;1H. The Kier molecular flexibility index (Phi) is 5.86. The monoisotopic (exact) mass is 327 g/mol. The number of nitrogens with zero attached hydrogens (tertiary/aromatic N) is 4. The lowest BCUT2D eigenvalue weighted by molar-refractivity contribution is 0.156. The highest BCUT2D eigenvalue weighted by Crippen LogP contribution is 2.26. The maximum Gasteiger partial charge on any atom is 0.0967 e. The Bertz CT molecular complexity index is 453. The lowest BCUT2D eigenvalue weighted by Crippen LogP contribution is -2.40. The van der Waals surface area contributed by atoms with Crippen LogP contribution in [0.15, 0.2) is 6.20 Å². The third kappa shape index (κ3) is 4.21. The predicted octanol–water partition coefficient (Wildman–Crippen LogP) is 2.42. The van der Waals surface area contributed by atoms with E-state index in [0.29, 0.717) is 0 Å². The van der Waals surface area contributed by atoms with E-state index in [1.807, 2.05) is 4.68 Å². The van der Waals surface area contributed by atoms with Gasteiger partial charge in [0.1, 0.15) is 0 Å². The average Bonchev–Trinajstić information content (AvgIpc) is 3.09. The third-order valence-electron chi connectivity index (χ3n) is 4.91. The lowest BCUT2D eigenvalue weighted by Gasteiger charge is -2.34. The summed E-state index contributed by atoms with van der Waals surface area (Å²) in [4.78, 5) is 2.53. The number of nitrogens with one attached hydrogen (secondary N) is 1. The Balaban J connectivity index is 0.00000176. The highest BCUT2D eigenvalue weighted by molar-refractivity contribution is 5.85. The molecule has 2 saturated heterocycles. The van der Waals surface area contributed by atoms with E-state index in [9.17, 15) is 0 Å². The SMILES string of the molecule is CC(C)(C)n1cc(CN2CCC(C3CCCN3)CC2)nn1.Cl. The molecule has 2 aliphatic heterocycles. The van der Waals surface area contributed by atoms with Crippen LogP contribution >= 0.6 is 12.4 Å². The van der Waals surface area contributed by atoms with Crippen LogP contribution in [0.1, 0.15) is 52.1 Å². The predicted molar refractivity (Wildman–Crippen MR) is 91.3 cm³/mol. The molecule has 0 radical (unpaired) electrons. The van der Waals surface area contributed by atoms with Gasteiger partial charge < -0.3 is 5.32 Å². The van der Waals surface area contributed by atoms with Gasteiger partial charge in [0.25, 0.3) is 0 Å². The van der Waals surface area contributed by atoms with Gasteiger partial charge in [0.2, 0.25) is 0 Å². The summed E-state index contributed by atoms with van der Waals surface area (Å²) in [7, 11) is 0. The molecular formula is C16H30ClN5. The van der Waals surface area contributed by atoms with Crippen molar-refractivity contribution in [3.05, 3.63) is 11.9 Å². The van der Waals surface area contributed by atoms with Gasteiger partial charge in [-0.3, -0.25) is 4.90 Å². The molecule has 1 aromatic rings. The van der Waals surface area contributed by atoms with Crippen molar-refractivity contribution in [2.45, 2.75) is 64.6 Å². The second kappa shape index (κ2) is 7.28. The normalized spacial score (nSPS) is 24.4. The Morgan fingerprint density at radius 1 is 1.23 bits per heavy atom. The summed E-state index contributed by atoms with van der Waals surface area (Å²) in [6, 6.07) is 0.786. The van der Waals surface area contributed by atoms with Crippen LogP contribution in [-0.4, -0.2) is 45.6 Å². The summed E-state index contributed by atoms with van der Waals surface area (Å²) >= 11 is 0. The van der Waals surface area contributed by atoms with Crippen molar-refractivity contribution in [3.63, 3.8) is 0 Å². The van der Waals surface area contributed by atoms with Crippen LogP contribution in [0.25, 0.3) is 0 Å². The van der Waals surface area contributed by atoms with Gasteiger partial charge in [0.15, 0.2) is 0 Å². The van der Waals surface area contributed by atoms with Crippen LogP contribution in [0.4, 0.5) is 0 Å². The molecule has 2 aliphatic rings. The van der Waals surface area contributed by atoms with E-state index in [1.54, 1.807) is 0 Å². The minimum atomic E-state index is 0. The molecule has 0 bridgehead atoms. The minimum Gasteiger partial charge on any atom is -0.314 e. The molecule has 1 aromatic heterocycles. The van der Waals surface area contributed by atoms with Gasteiger partial charge in [-0.2, -0.15) is 0 Å². The molecule has 0 amide bonds. The van der Waals surface area contributed by atoms with Gasteiger partial charge in [-0.25, -0.2) is 4.68 Å². The zero-order valence-electron chi connectivity index (χ0n) is 14.1. The first kappa shape index (κ1) is 17.7. The van der Waals surface area contributed by atoms with Gasteiger partial charge in [0, 0.05) is 12.6 Å². The molecule has 5 nitrogen and oxygen atoms in total. The van der Waals surface area contributed by atoms with Gasteiger partial charge in [0.05, 0.1) is 17.4 Å². The smallest absolute Gasteiger partial charge is 0.0967 e. The number of aromatic nitrogens is 3. The molecule has 1 N–H and O–H groups in total. The summed E-state index contributed by atoms with van der Waals surface area (Å²) in [5, 5.41) is 12.3. The molecule has 0 spiro atoms. The fraction of sp³-hybridized carbons (Fsp3) is 0.875. The van der Waals surface area contributed by atoms with Crippen molar-refractivity contribution >= 4 is 12.4 Å². The highest BCUT2D eigenvalue weighted by atomic mass is 35.5. The quantitative estimate of drug-likeness (QED) is 0.926. The molecule has 0 aliphatic carbocycles. The van der Waals surface area contributed by atoms with E-state index in [-0.39, 0.29) is 17.9 Å². The molecule has 0 aromatic carbocycles. The first-order chi connectivity index (χ1) is 10.0. The molecule has 3 rings (SSSR count). The summed E-state index contributed by atoms with van der Waals surface area (Å²) in [6.45, 7) is 11.0. The van der Waals surface area contributed by atoms with Crippen LogP contribution in [0, 0.1) is 5.92 Å². The largest absolute Gasteiger partial charge is 0.314 e. The van der Waals surface area contributed by atoms with Crippen molar-refractivity contribution in [2.75, 3.05) is 19.6 Å². The van der Waals surface area contributed by atoms with E-state index in [0.717, 1.165) is 24.2 Å². The summed E-state index contributed by atoms with van der Waals surface area (Å²) < 4.78 is 1.97. The third-order valence-corrected chi connectivity index (χ3v) is 4.91. The van der Waals surface area contributed by atoms with Crippen molar-refractivity contribution in [1.29, 1.82) is 0 Å². The molecular weight excluding hydrogens is 298 g/mol. The van der Waals surface area contributed by atoms with E-state index < -0.39 is 0 Å². The molecule has 0 saturated carbocycles. The molecule has 22 heavy (non-hydrogen) atoms. The molecule has 3 heterocycles. The Hall–Kier alpha value is -0.650. The number of hydrogen-bond acceptors (Lipinski definition) is 4. The topological polar surface area (TPSA) is 46.0 Å². The highest BCUT2D eigenvalue weighted by Gasteiger charge is 2.28. The van der Waals surface area contributed by atoms with Crippen molar-refractivity contribution < 1.29 is 0 Å². The maximum atomic E-state index is 4.33. The number of hydrogen-bond donors (Lipinski definition) is 1. The zero-order valence-corrected chi connectivity index (χ0v) is 14.9. The van der Waals surface area contributed by atoms with Crippen molar-refractivity contribution in [1.82, 2.24) is 25.2 Å². The van der Waals surface area contributed by atoms with Crippen LogP contribution in [-0.2, 0) is 12.1 Å². The fourth-order valence-corrected chi connectivity index (χ4v) is 3.56. The van der Waals surface area contributed by atoms with E-state index in [1.165, 1.54) is 45.3 Å². The number of halogens is 1. The molecule has 6 heteroatoms. The van der Waals surface area contributed by atoms with Gasteiger partial charge in [-0.1, -0.05) is 5.21 Å². The van der Waals surface area contributed by atoms with Gasteiger partial charge in [-0.15, -0.1) is 17.5 Å². The minimum absolute atomic E-state index is 0. The Morgan fingerprint density at radius 3 is 2.50 bits per heavy atom. The van der Waals surface area contributed by atoms with Crippen LogP contribution < -0.4 is 5.32 Å². The van der Waals surface area contributed by atoms with Crippen LogP contribution in [0.2, 0.25) is 0 Å². The van der Waals surface area contributed by atoms with Crippen LogP contribution in [0.5, 0.6) is 0 Å². The second-order valence-corrected chi connectivity index (χ2v) is 7.64. The number of piperidine rings is 1. The van der Waals surface area contributed by atoms with Crippen molar-refractivity contribution in [2.24, 2.45) is 5.92 Å². The lowest BCUT2D eigenvalue weighted by atomic mass is 9.88. The summed E-state index contributed by atoms with van der Waals surface area (Å²) in [5.74, 6) is 0.883. The molecule has 1 unspecified atom stereocenters. The first-order valence-corrected chi connectivity index (χ1v) is 8.40. The molecule has 1 atom stereocenters. The molecule has 2 fully saturated rings. The van der Waals surface area contributed by atoms with Gasteiger partial charge >= 0.3 is 0 Å².